The van der Waals surface area contributed by atoms with Crippen molar-refractivity contribution in [3.63, 3.8) is 0 Å². The van der Waals surface area contributed by atoms with Crippen LogP contribution in [-0.2, 0) is 0 Å². The smallest absolute Gasteiger partial charge is 0.214 e. The second-order valence-corrected chi connectivity index (χ2v) is 4.34. The third-order valence-corrected chi connectivity index (χ3v) is 3.10. The van der Waals surface area contributed by atoms with Crippen molar-refractivity contribution in [2.75, 3.05) is 6.54 Å². The van der Waals surface area contributed by atoms with E-state index in [4.69, 9.17) is 0 Å². The molecule has 0 heterocycles. The summed E-state index contributed by atoms with van der Waals surface area (Å²) in [5.74, 6) is -0.178. The molecule has 2 rings (SSSR count). The van der Waals surface area contributed by atoms with Crippen LogP contribution in [0.3, 0.4) is 0 Å². The molecule has 0 bridgehead atoms. The first-order valence-corrected chi connectivity index (χ1v) is 5.91. The van der Waals surface area contributed by atoms with Crippen LogP contribution in [0.15, 0.2) is 54.6 Å². The Bertz CT molecular complexity index is 537. The zero-order chi connectivity index (χ0) is 13.0. The molecule has 2 aromatic rings. The molecular weight excluding hydrogens is 226 g/mol. The highest BCUT2D eigenvalue weighted by molar-refractivity contribution is 5.37. The van der Waals surface area contributed by atoms with Gasteiger partial charge in [-0.25, -0.2) is 0 Å². The molecule has 92 valence electrons. The minimum absolute atomic E-state index is 0.0745. The van der Waals surface area contributed by atoms with Crippen molar-refractivity contribution >= 4 is 0 Å². The molecule has 0 radical (unpaired) electrons. The van der Waals surface area contributed by atoms with Gasteiger partial charge in [0, 0.05) is 4.92 Å². The molecule has 2 aromatic carbocycles. The monoisotopic (exact) mass is 241 g/mol. The van der Waals surface area contributed by atoms with Gasteiger partial charge in [-0.05, 0) is 23.6 Å². The second-order valence-electron chi connectivity index (χ2n) is 4.34. The third kappa shape index (κ3) is 2.74. The van der Waals surface area contributed by atoms with Crippen LogP contribution in [0, 0.1) is 17.0 Å². The Kier molecular flexibility index (Phi) is 3.72. The highest BCUT2D eigenvalue weighted by Gasteiger charge is 2.21. The zero-order valence-corrected chi connectivity index (χ0v) is 10.2. The molecule has 0 aliphatic rings. The van der Waals surface area contributed by atoms with Gasteiger partial charge in [0.05, 0.1) is 5.92 Å². The third-order valence-electron chi connectivity index (χ3n) is 3.10. The van der Waals surface area contributed by atoms with Crippen molar-refractivity contribution < 1.29 is 4.92 Å². The Morgan fingerprint density at radius 3 is 2.28 bits per heavy atom. The quantitative estimate of drug-likeness (QED) is 0.608. The van der Waals surface area contributed by atoms with Gasteiger partial charge in [-0.3, -0.25) is 10.1 Å². The summed E-state index contributed by atoms with van der Waals surface area (Å²) in [6.07, 6.45) is 0. The number of aryl methyl sites for hydroxylation is 1. The molecule has 0 unspecified atom stereocenters. The summed E-state index contributed by atoms with van der Waals surface area (Å²) in [6, 6.07) is 17.5. The summed E-state index contributed by atoms with van der Waals surface area (Å²) in [7, 11) is 0. The van der Waals surface area contributed by atoms with Crippen LogP contribution in [0.5, 0.6) is 0 Å². The van der Waals surface area contributed by atoms with Gasteiger partial charge in [-0.1, -0.05) is 54.6 Å². The van der Waals surface area contributed by atoms with E-state index in [1.165, 1.54) is 0 Å². The topological polar surface area (TPSA) is 43.1 Å². The lowest BCUT2D eigenvalue weighted by Crippen LogP contribution is -2.14. The summed E-state index contributed by atoms with van der Waals surface area (Å²) in [6.45, 7) is 1.92. The van der Waals surface area contributed by atoms with Crippen LogP contribution >= 0.6 is 0 Å². The number of hydrogen-bond acceptors (Lipinski definition) is 2. The minimum Gasteiger partial charge on any atom is -0.265 e. The molecule has 0 saturated carbocycles. The van der Waals surface area contributed by atoms with Crippen LogP contribution in [0.4, 0.5) is 0 Å². The van der Waals surface area contributed by atoms with Gasteiger partial charge in [0.15, 0.2) is 0 Å². The Morgan fingerprint density at radius 2 is 1.67 bits per heavy atom. The van der Waals surface area contributed by atoms with Gasteiger partial charge < -0.3 is 0 Å². The van der Waals surface area contributed by atoms with E-state index in [2.05, 4.69) is 0 Å². The van der Waals surface area contributed by atoms with Crippen molar-refractivity contribution in [3.8, 4) is 0 Å². The summed E-state index contributed by atoms with van der Waals surface area (Å²) in [5, 5.41) is 10.9. The fourth-order valence-corrected chi connectivity index (χ4v) is 2.20. The summed E-state index contributed by atoms with van der Waals surface area (Å²) >= 11 is 0. The molecule has 0 spiro atoms. The highest BCUT2D eigenvalue weighted by atomic mass is 16.6. The van der Waals surface area contributed by atoms with Gasteiger partial charge in [0.25, 0.3) is 0 Å². The Balaban J connectivity index is 2.44. The average Bonchev–Trinajstić information content (AvgIpc) is 2.38. The number of benzene rings is 2. The molecule has 0 aromatic heterocycles. The van der Waals surface area contributed by atoms with Crippen LogP contribution in [-0.4, -0.2) is 11.5 Å². The van der Waals surface area contributed by atoms with Crippen molar-refractivity contribution in [1.82, 2.24) is 0 Å². The minimum atomic E-state index is -0.246. The lowest BCUT2D eigenvalue weighted by atomic mass is 9.88. The predicted octanol–water partition coefficient (Wildman–Crippen LogP) is 3.40. The molecule has 0 fully saturated rings. The molecule has 3 heteroatoms. The molecule has 3 nitrogen and oxygen atoms in total. The Labute approximate surface area is 106 Å². The van der Waals surface area contributed by atoms with E-state index in [0.29, 0.717) is 0 Å². The van der Waals surface area contributed by atoms with Crippen LogP contribution in [0.25, 0.3) is 0 Å². The molecule has 0 saturated heterocycles. The molecule has 0 aliphatic heterocycles. The van der Waals surface area contributed by atoms with E-state index < -0.39 is 0 Å². The van der Waals surface area contributed by atoms with E-state index in [0.717, 1.165) is 16.7 Å². The lowest BCUT2D eigenvalue weighted by molar-refractivity contribution is -0.481. The average molecular weight is 241 g/mol. The van der Waals surface area contributed by atoms with Crippen LogP contribution < -0.4 is 0 Å². The fourth-order valence-electron chi connectivity index (χ4n) is 2.20. The Morgan fingerprint density at radius 1 is 1.06 bits per heavy atom. The molecule has 18 heavy (non-hydrogen) atoms. The van der Waals surface area contributed by atoms with E-state index >= 15 is 0 Å². The van der Waals surface area contributed by atoms with Crippen molar-refractivity contribution in [2.45, 2.75) is 12.8 Å². The number of nitrogens with zero attached hydrogens (tertiary/aromatic N) is 1. The number of rotatable bonds is 4. The summed E-state index contributed by atoms with van der Waals surface area (Å²) < 4.78 is 0. The maximum Gasteiger partial charge on any atom is 0.214 e. The molecule has 0 aliphatic carbocycles. The maximum atomic E-state index is 10.9. The van der Waals surface area contributed by atoms with Gasteiger partial charge in [0.1, 0.15) is 0 Å². The van der Waals surface area contributed by atoms with Crippen molar-refractivity contribution in [2.24, 2.45) is 0 Å². The van der Waals surface area contributed by atoms with E-state index in [1.807, 2.05) is 61.5 Å². The van der Waals surface area contributed by atoms with Crippen molar-refractivity contribution in [3.05, 3.63) is 81.4 Å². The van der Waals surface area contributed by atoms with E-state index in [-0.39, 0.29) is 17.4 Å². The SMILES string of the molecule is Cc1ccccc1[C@H](C[N+](=O)[O-])c1ccccc1. The number of hydrogen-bond donors (Lipinski definition) is 0. The summed E-state index contributed by atoms with van der Waals surface area (Å²) in [5.41, 5.74) is 3.11. The van der Waals surface area contributed by atoms with Gasteiger partial charge >= 0.3 is 0 Å². The second kappa shape index (κ2) is 5.45. The molecule has 1 atom stereocenters. The number of nitro groups is 1. The molecule has 0 amide bonds. The molecular formula is C15H15NO2. The standard InChI is InChI=1S/C15H15NO2/c1-12-7-5-6-10-14(12)15(11-16(17)18)13-8-3-2-4-9-13/h2-10,15H,11H2,1H3/t15-/m1/s1. The van der Waals surface area contributed by atoms with E-state index in [9.17, 15) is 10.1 Å². The highest BCUT2D eigenvalue weighted by Crippen LogP contribution is 2.27. The van der Waals surface area contributed by atoms with Gasteiger partial charge in [0.2, 0.25) is 6.54 Å². The maximum absolute atomic E-state index is 10.9. The lowest BCUT2D eigenvalue weighted by Gasteiger charge is -2.16. The fraction of sp³-hybridized carbons (Fsp3) is 0.200. The first-order chi connectivity index (χ1) is 8.68. The van der Waals surface area contributed by atoms with Gasteiger partial charge in [-0.15, -0.1) is 0 Å². The zero-order valence-electron chi connectivity index (χ0n) is 10.2. The normalized spacial score (nSPS) is 12.1. The molecule has 0 N–H and O–H groups in total. The predicted molar refractivity (Wildman–Crippen MR) is 71.3 cm³/mol. The van der Waals surface area contributed by atoms with Crippen LogP contribution in [0.1, 0.15) is 22.6 Å². The van der Waals surface area contributed by atoms with Crippen molar-refractivity contribution in [1.29, 1.82) is 0 Å². The van der Waals surface area contributed by atoms with Gasteiger partial charge in [-0.2, -0.15) is 0 Å². The van der Waals surface area contributed by atoms with E-state index in [1.54, 1.807) is 0 Å². The summed E-state index contributed by atoms with van der Waals surface area (Å²) in [4.78, 5) is 10.6. The first kappa shape index (κ1) is 12.3. The Hall–Kier alpha value is -2.16. The van der Waals surface area contributed by atoms with Crippen LogP contribution in [0.2, 0.25) is 0 Å². The largest absolute Gasteiger partial charge is 0.265 e. The first-order valence-electron chi connectivity index (χ1n) is 5.91.